The fourth-order valence-electron chi connectivity index (χ4n) is 1.45. The molecule has 2 heterocycles. The predicted molar refractivity (Wildman–Crippen MR) is 71.8 cm³/mol. The largest absolute Gasteiger partial charge is 0.369 e. The minimum Gasteiger partial charge on any atom is -0.369 e. The topological polar surface area (TPSA) is 98.8 Å². The van der Waals surface area contributed by atoms with Gasteiger partial charge in [-0.15, -0.1) is 0 Å². The summed E-state index contributed by atoms with van der Waals surface area (Å²) in [6.07, 6.45) is 3.49. The molecule has 8 nitrogen and oxygen atoms in total. The van der Waals surface area contributed by atoms with E-state index < -0.39 is 4.92 Å². The first-order valence-electron chi connectivity index (χ1n) is 5.44. The third-order valence-corrected chi connectivity index (χ3v) is 2.93. The molecule has 0 bridgehead atoms. The number of nitro groups is 1. The molecule has 19 heavy (non-hydrogen) atoms. The SMILES string of the molecule is Cn1cnc(CCNc2ncc([N+](=O)[O-])cc2Br)n1. The molecule has 2 rings (SSSR count). The number of nitrogens with one attached hydrogen (secondary N) is 1. The maximum atomic E-state index is 10.6. The van der Waals surface area contributed by atoms with Crippen LogP contribution in [0.5, 0.6) is 0 Å². The highest BCUT2D eigenvalue weighted by molar-refractivity contribution is 9.10. The van der Waals surface area contributed by atoms with Gasteiger partial charge in [-0.2, -0.15) is 5.10 Å². The summed E-state index contributed by atoms with van der Waals surface area (Å²) in [5.74, 6) is 1.29. The molecule has 0 unspecified atom stereocenters. The molecule has 0 aliphatic heterocycles. The maximum Gasteiger partial charge on any atom is 0.288 e. The number of nitrogens with zero attached hydrogens (tertiary/aromatic N) is 5. The molecule has 1 N–H and O–H groups in total. The Labute approximate surface area is 117 Å². The van der Waals surface area contributed by atoms with Gasteiger partial charge in [0.25, 0.3) is 5.69 Å². The average Bonchev–Trinajstić information content (AvgIpc) is 2.77. The van der Waals surface area contributed by atoms with Crippen molar-refractivity contribution in [1.82, 2.24) is 19.7 Å². The summed E-state index contributed by atoms with van der Waals surface area (Å²) in [5, 5.41) is 17.8. The quantitative estimate of drug-likeness (QED) is 0.660. The normalized spacial score (nSPS) is 10.4. The van der Waals surface area contributed by atoms with Gasteiger partial charge in [0, 0.05) is 26.1 Å². The second-order valence-corrected chi connectivity index (χ2v) is 4.65. The summed E-state index contributed by atoms with van der Waals surface area (Å²) >= 11 is 3.24. The van der Waals surface area contributed by atoms with Crippen LogP contribution in [0, 0.1) is 10.1 Å². The molecule has 0 spiro atoms. The highest BCUT2D eigenvalue weighted by Gasteiger charge is 2.10. The van der Waals surface area contributed by atoms with Crippen molar-refractivity contribution in [2.75, 3.05) is 11.9 Å². The van der Waals surface area contributed by atoms with E-state index in [1.165, 1.54) is 12.3 Å². The van der Waals surface area contributed by atoms with Crippen LogP contribution in [-0.4, -0.2) is 31.2 Å². The number of rotatable bonds is 5. The Morgan fingerprint density at radius 1 is 1.53 bits per heavy atom. The minimum absolute atomic E-state index is 0.0520. The fraction of sp³-hybridized carbons (Fsp3) is 0.300. The lowest BCUT2D eigenvalue weighted by atomic mass is 10.4. The Kier molecular flexibility index (Phi) is 4.05. The fourth-order valence-corrected chi connectivity index (χ4v) is 1.93. The number of pyridine rings is 1. The van der Waals surface area contributed by atoms with Crippen LogP contribution in [0.2, 0.25) is 0 Å². The van der Waals surface area contributed by atoms with Gasteiger partial charge in [0.15, 0.2) is 5.82 Å². The van der Waals surface area contributed by atoms with Crippen LogP contribution in [0.15, 0.2) is 23.1 Å². The minimum atomic E-state index is -0.487. The third-order valence-electron chi connectivity index (χ3n) is 2.33. The average molecular weight is 327 g/mol. The van der Waals surface area contributed by atoms with Gasteiger partial charge < -0.3 is 5.32 Å². The molecule has 0 saturated carbocycles. The van der Waals surface area contributed by atoms with E-state index in [2.05, 4.69) is 36.3 Å². The van der Waals surface area contributed by atoms with Gasteiger partial charge >= 0.3 is 0 Å². The van der Waals surface area contributed by atoms with E-state index in [1.54, 1.807) is 18.1 Å². The molecule has 0 atom stereocenters. The van der Waals surface area contributed by atoms with Crippen molar-refractivity contribution in [2.24, 2.45) is 7.05 Å². The number of anilines is 1. The predicted octanol–water partition coefficient (Wildman–Crippen LogP) is 1.54. The zero-order valence-corrected chi connectivity index (χ0v) is 11.7. The molecule has 100 valence electrons. The Morgan fingerprint density at radius 3 is 2.89 bits per heavy atom. The van der Waals surface area contributed by atoms with E-state index in [9.17, 15) is 10.1 Å². The lowest BCUT2D eigenvalue weighted by Gasteiger charge is -2.05. The number of aryl methyl sites for hydroxylation is 1. The van der Waals surface area contributed by atoms with Gasteiger partial charge in [-0.1, -0.05) is 0 Å². The maximum absolute atomic E-state index is 10.6. The van der Waals surface area contributed by atoms with Crippen LogP contribution in [0.4, 0.5) is 11.5 Å². The molecule has 0 amide bonds. The van der Waals surface area contributed by atoms with Gasteiger partial charge in [-0.25, -0.2) is 9.97 Å². The van der Waals surface area contributed by atoms with Crippen molar-refractivity contribution in [3.63, 3.8) is 0 Å². The summed E-state index contributed by atoms with van der Waals surface area (Å²) in [5.41, 5.74) is -0.0520. The molecule has 0 aliphatic carbocycles. The molecule has 0 radical (unpaired) electrons. The summed E-state index contributed by atoms with van der Waals surface area (Å²) < 4.78 is 2.19. The van der Waals surface area contributed by atoms with Crippen LogP contribution in [0.25, 0.3) is 0 Å². The summed E-state index contributed by atoms with van der Waals surface area (Å²) in [7, 11) is 1.80. The van der Waals surface area contributed by atoms with Crippen molar-refractivity contribution in [1.29, 1.82) is 0 Å². The van der Waals surface area contributed by atoms with E-state index in [0.29, 0.717) is 23.3 Å². The molecule has 9 heteroatoms. The van der Waals surface area contributed by atoms with E-state index in [0.717, 1.165) is 5.82 Å². The zero-order chi connectivity index (χ0) is 13.8. The van der Waals surface area contributed by atoms with E-state index in [1.807, 2.05) is 0 Å². The van der Waals surface area contributed by atoms with E-state index >= 15 is 0 Å². The van der Waals surface area contributed by atoms with Crippen LogP contribution < -0.4 is 5.32 Å². The third kappa shape index (κ3) is 3.47. The number of halogens is 1. The zero-order valence-electron chi connectivity index (χ0n) is 10.1. The highest BCUT2D eigenvalue weighted by atomic mass is 79.9. The molecular weight excluding hydrogens is 316 g/mol. The molecule has 2 aromatic rings. The molecule has 0 fully saturated rings. The van der Waals surface area contributed by atoms with E-state index in [4.69, 9.17) is 0 Å². The number of hydrogen-bond donors (Lipinski definition) is 1. The van der Waals surface area contributed by atoms with Gasteiger partial charge in [0.1, 0.15) is 18.3 Å². The molecule has 0 saturated heterocycles. The first-order chi connectivity index (χ1) is 9.06. The van der Waals surface area contributed by atoms with Crippen LogP contribution >= 0.6 is 15.9 Å². The lowest BCUT2D eigenvalue weighted by Crippen LogP contribution is -2.08. The highest BCUT2D eigenvalue weighted by Crippen LogP contribution is 2.24. The Balaban J connectivity index is 1.94. The van der Waals surface area contributed by atoms with Gasteiger partial charge in [0.2, 0.25) is 0 Å². The molecular formula is C10H11BrN6O2. The lowest BCUT2D eigenvalue weighted by molar-refractivity contribution is -0.385. The van der Waals surface area contributed by atoms with E-state index in [-0.39, 0.29) is 5.69 Å². The molecule has 0 aliphatic rings. The first-order valence-corrected chi connectivity index (χ1v) is 6.24. The summed E-state index contributed by atoms with van der Waals surface area (Å²) in [4.78, 5) is 18.2. The van der Waals surface area contributed by atoms with Crippen LogP contribution in [0.3, 0.4) is 0 Å². The summed E-state index contributed by atoms with van der Waals surface area (Å²) in [6.45, 7) is 0.591. The van der Waals surface area contributed by atoms with Gasteiger partial charge in [-0.3, -0.25) is 14.8 Å². The van der Waals surface area contributed by atoms with Gasteiger partial charge in [-0.05, 0) is 15.9 Å². The van der Waals surface area contributed by atoms with Crippen molar-refractivity contribution in [3.8, 4) is 0 Å². The molecule has 2 aromatic heterocycles. The Morgan fingerprint density at radius 2 is 2.32 bits per heavy atom. The first kappa shape index (κ1) is 13.4. The number of hydrogen-bond acceptors (Lipinski definition) is 6. The molecule has 0 aromatic carbocycles. The summed E-state index contributed by atoms with van der Waals surface area (Å²) in [6, 6.07) is 1.41. The second kappa shape index (κ2) is 5.74. The van der Waals surface area contributed by atoms with Crippen LogP contribution in [0.1, 0.15) is 5.82 Å². The van der Waals surface area contributed by atoms with Crippen molar-refractivity contribution in [3.05, 3.63) is 39.0 Å². The number of aromatic nitrogens is 4. The van der Waals surface area contributed by atoms with Crippen LogP contribution in [-0.2, 0) is 13.5 Å². The van der Waals surface area contributed by atoms with Gasteiger partial charge in [0.05, 0.1) is 9.40 Å². The Bertz CT molecular complexity index is 599. The second-order valence-electron chi connectivity index (χ2n) is 3.79. The monoisotopic (exact) mass is 326 g/mol. The smallest absolute Gasteiger partial charge is 0.288 e. The standard InChI is InChI=1S/C10H11BrN6O2/c1-16-6-14-9(15-16)2-3-12-10-8(11)4-7(5-13-10)17(18)19/h4-6H,2-3H2,1H3,(H,12,13). The van der Waals surface area contributed by atoms with Crippen molar-refractivity contribution >= 4 is 27.4 Å². The van der Waals surface area contributed by atoms with Crippen molar-refractivity contribution in [2.45, 2.75) is 6.42 Å². The Hall–Kier alpha value is -2.03. The van der Waals surface area contributed by atoms with Crippen molar-refractivity contribution < 1.29 is 4.92 Å².